The zero-order valence-corrected chi connectivity index (χ0v) is 7.73. The zero-order chi connectivity index (χ0) is 7.11. The third kappa shape index (κ3) is 6.55. The van der Waals surface area contributed by atoms with Gasteiger partial charge in [-0.3, -0.25) is 0 Å². The lowest BCUT2D eigenvalue weighted by molar-refractivity contribution is 0.954. The Morgan fingerprint density at radius 3 is 2.67 bits per heavy atom. The summed E-state index contributed by atoms with van der Waals surface area (Å²) in [7, 11) is 0. The van der Waals surface area contributed by atoms with Gasteiger partial charge in [-0.15, -0.1) is 11.8 Å². The van der Waals surface area contributed by atoms with Gasteiger partial charge in [0.1, 0.15) is 0 Å². The maximum absolute atomic E-state index is 5.42. The first kappa shape index (κ1) is 9.66. The highest BCUT2D eigenvalue weighted by atomic mass is 32.2. The molecule has 3 heteroatoms. The van der Waals surface area contributed by atoms with E-state index in [4.69, 9.17) is 5.73 Å². The molecule has 0 fully saturated rings. The Bertz CT molecular complexity index is 59.0. The van der Waals surface area contributed by atoms with Crippen LogP contribution < -0.4 is 5.73 Å². The number of hydrogen-bond donors (Lipinski definition) is 1. The number of thioether (sulfide) groups is 2. The zero-order valence-electron chi connectivity index (χ0n) is 6.09. The Hall–Kier alpha value is 0.660. The van der Waals surface area contributed by atoms with Crippen LogP contribution in [0.15, 0.2) is 0 Å². The molecule has 0 aliphatic carbocycles. The first-order valence-corrected chi connectivity index (χ1v) is 5.41. The van der Waals surface area contributed by atoms with Gasteiger partial charge in [0, 0.05) is 16.9 Å². The van der Waals surface area contributed by atoms with Gasteiger partial charge in [0.05, 0.1) is 0 Å². The summed E-state index contributed by atoms with van der Waals surface area (Å²) in [6, 6.07) is 0. The lowest BCUT2D eigenvalue weighted by Crippen LogP contribution is -2.12. The van der Waals surface area contributed by atoms with Crippen LogP contribution in [-0.4, -0.2) is 22.6 Å². The average molecular weight is 165 g/mol. The lowest BCUT2D eigenvalue weighted by atomic mass is 10.5. The normalized spacial score (nSPS) is 13.7. The van der Waals surface area contributed by atoms with Crippen LogP contribution in [-0.2, 0) is 0 Å². The van der Waals surface area contributed by atoms with Gasteiger partial charge in [0.25, 0.3) is 0 Å². The van der Waals surface area contributed by atoms with E-state index in [-0.39, 0.29) is 0 Å². The fraction of sp³-hybridized carbons (Fsp3) is 1.00. The van der Waals surface area contributed by atoms with Crippen LogP contribution in [0.4, 0.5) is 0 Å². The van der Waals surface area contributed by atoms with Gasteiger partial charge >= 0.3 is 0 Å². The summed E-state index contributed by atoms with van der Waals surface area (Å²) in [5.41, 5.74) is 5.42. The molecular weight excluding hydrogens is 150 g/mol. The molecule has 0 spiro atoms. The molecule has 0 saturated heterocycles. The minimum absolute atomic E-state index is 0.629. The minimum atomic E-state index is 0.629. The standard InChI is InChI=1S/C6H15NS2/c1-3-8-5-9-6(2)4-7/h6H,3-5,7H2,1-2H3. The van der Waals surface area contributed by atoms with Crippen molar-refractivity contribution in [2.24, 2.45) is 5.73 Å². The van der Waals surface area contributed by atoms with Crippen molar-refractivity contribution in [1.82, 2.24) is 0 Å². The van der Waals surface area contributed by atoms with Crippen LogP contribution >= 0.6 is 23.5 Å². The first-order valence-electron chi connectivity index (χ1n) is 3.20. The Balaban J connectivity index is 2.88. The van der Waals surface area contributed by atoms with E-state index < -0.39 is 0 Å². The SMILES string of the molecule is CCSCSC(C)CN. The average Bonchev–Trinajstić information content (AvgIpc) is 1.89. The van der Waals surface area contributed by atoms with Crippen molar-refractivity contribution in [2.75, 3.05) is 17.4 Å². The summed E-state index contributed by atoms with van der Waals surface area (Å²) in [6.45, 7) is 5.15. The van der Waals surface area contributed by atoms with Crippen molar-refractivity contribution < 1.29 is 0 Å². The molecule has 0 rings (SSSR count). The Morgan fingerprint density at radius 2 is 2.22 bits per heavy atom. The predicted molar refractivity (Wildman–Crippen MR) is 49.1 cm³/mol. The quantitative estimate of drug-likeness (QED) is 0.497. The van der Waals surface area contributed by atoms with Crippen molar-refractivity contribution in [3.63, 3.8) is 0 Å². The van der Waals surface area contributed by atoms with Crippen LogP contribution in [0.1, 0.15) is 13.8 Å². The maximum atomic E-state index is 5.42. The second-order valence-corrected chi connectivity index (χ2v) is 4.89. The molecule has 0 aromatic rings. The highest BCUT2D eigenvalue weighted by Crippen LogP contribution is 2.15. The molecule has 0 aliphatic rings. The van der Waals surface area contributed by atoms with Crippen LogP contribution in [0, 0.1) is 0 Å². The molecule has 9 heavy (non-hydrogen) atoms. The van der Waals surface area contributed by atoms with E-state index in [2.05, 4.69) is 13.8 Å². The van der Waals surface area contributed by atoms with Crippen molar-refractivity contribution in [2.45, 2.75) is 19.1 Å². The molecular formula is C6H15NS2. The largest absolute Gasteiger partial charge is 0.329 e. The summed E-state index contributed by atoms with van der Waals surface area (Å²) in [4.78, 5) is 0. The topological polar surface area (TPSA) is 26.0 Å². The van der Waals surface area contributed by atoms with E-state index in [1.54, 1.807) is 0 Å². The summed E-state index contributed by atoms with van der Waals surface area (Å²) in [6.07, 6.45) is 0. The van der Waals surface area contributed by atoms with E-state index in [9.17, 15) is 0 Å². The minimum Gasteiger partial charge on any atom is -0.329 e. The van der Waals surface area contributed by atoms with Gasteiger partial charge in [-0.05, 0) is 5.75 Å². The van der Waals surface area contributed by atoms with Crippen molar-refractivity contribution >= 4 is 23.5 Å². The highest BCUT2D eigenvalue weighted by Gasteiger charge is 1.96. The van der Waals surface area contributed by atoms with Gasteiger partial charge in [-0.2, -0.15) is 11.8 Å². The first-order chi connectivity index (χ1) is 4.31. The molecule has 1 nitrogen and oxygen atoms in total. The molecule has 1 unspecified atom stereocenters. The molecule has 0 saturated carbocycles. The molecule has 0 heterocycles. The summed E-state index contributed by atoms with van der Waals surface area (Å²) in [5, 5.41) is 1.82. The van der Waals surface area contributed by atoms with Gasteiger partial charge in [-0.1, -0.05) is 13.8 Å². The van der Waals surface area contributed by atoms with Gasteiger partial charge in [0.2, 0.25) is 0 Å². The maximum Gasteiger partial charge on any atom is 0.0395 e. The second-order valence-electron chi connectivity index (χ2n) is 1.82. The van der Waals surface area contributed by atoms with Gasteiger partial charge < -0.3 is 5.73 Å². The lowest BCUT2D eigenvalue weighted by Gasteiger charge is -2.05. The van der Waals surface area contributed by atoms with E-state index in [1.165, 1.54) is 10.8 Å². The fourth-order valence-corrected chi connectivity index (χ4v) is 2.43. The Morgan fingerprint density at radius 1 is 1.56 bits per heavy atom. The molecule has 0 aromatic carbocycles. The number of rotatable bonds is 5. The van der Waals surface area contributed by atoms with Crippen LogP contribution in [0.25, 0.3) is 0 Å². The molecule has 1 atom stereocenters. The van der Waals surface area contributed by atoms with Crippen molar-refractivity contribution in [3.05, 3.63) is 0 Å². The smallest absolute Gasteiger partial charge is 0.0395 e. The Labute approximate surface area is 66.2 Å². The van der Waals surface area contributed by atoms with Crippen LogP contribution in [0.3, 0.4) is 0 Å². The van der Waals surface area contributed by atoms with E-state index >= 15 is 0 Å². The number of nitrogens with two attached hydrogens (primary N) is 1. The molecule has 0 radical (unpaired) electrons. The monoisotopic (exact) mass is 165 g/mol. The summed E-state index contributed by atoms with van der Waals surface area (Å²) < 4.78 is 0. The Kier molecular flexibility index (Phi) is 7.27. The molecule has 0 aromatic heterocycles. The molecule has 0 bridgehead atoms. The summed E-state index contributed by atoms with van der Waals surface area (Å²) in [5.74, 6) is 1.21. The highest BCUT2D eigenvalue weighted by molar-refractivity contribution is 8.16. The molecule has 0 amide bonds. The van der Waals surface area contributed by atoms with E-state index in [1.807, 2.05) is 23.5 Å². The second kappa shape index (κ2) is 6.78. The van der Waals surface area contributed by atoms with Crippen LogP contribution in [0.5, 0.6) is 0 Å². The van der Waals surface area contributed by atoms with Gasteiger partial charge in [0.15, 0.2) is 0 Å². The van der Waals surface area contributed by atoms with Crippen molar-refractivity contribution in [1.29, 1.82) is 0 Å². The summed E-state index contributed by atoms with van der Waals surface area (Å²) >= 11 is 3.90. The van der Waals surface area contributed by atoms with E-state index in [0.717, 1.165) is 6.54 Å². The number of hydrogen-bond acceptors (Lipinski definition) is 3. The fourth-order valence-electron chi connectivity index (χ4n) is 0.316. The molecule has 2 N–H and O–H groups in total. The molecule has 0 aliphatic heterocycles. The van der Waals surface area contributed by atoms with Crippen molar-refractivity contribution in [3.8, 4) is 0 Å². The predicted octanol–water partition coefficient (Wildman–Crippen LogP) is 1.78. The third-order valence-electron chi connectivity index (χ3n) is 0.972. The van der Waals surface area contributed by atoms with Gasteiger partial charge in [-0.25, -0.2) is 0 Å². The third-order valence-corrected chi connectivity index (χ3v) is 3.35. The van der Waals surface area contributed by atoms with E-state index in [0.29, 0.717) is 5.25 Å². The van der Waals surface area contributed by atoms with Crippen LogP contribution in [0.2, 0.25) is 0 Å². The molecule has 56 valence electrons.